The Bertz CT molecular complexity index is 535. The molecule has 106 valence electrons. The van der Waals surface area contributed by atoms with E-state index in [0.717, 1.165) is 31.2 Å². The van der Waals surface area contributed by atoms with Crippen molar-refractivity contribution in [1.82, 2.24) is 4.31 Å². The fraction of sp³-hybridized carbons (Fsp3) is 0.538. The molecule has 6 heteroatoms. The van der Waals surface area contributed by atoms with Gasteiger partial charge in [-0.2, -0.15) is 12.7 Å². The van der Waals surface area contributed by atoms with Gasteiger partial charge in [-0.05, 0) is 37.5 Å². The zero-order valence-corrected chi connectivity index (χ0v) is 12.0. The third-order valence-electron chi connectivity index (χ3n) is 3.43. The van der Waals surface area contributed by atoms with Crippen molar-refractivity contribution in [1.29, 1.82) is 0 Å². The minimum atomic E-state index is -3.46. The molecule has 1 fully saturated rings. The summed E-state index contributed by atoms with van der Waals surface area (Å²) in [6.07, 6.45) is 4.06. The second kappa shape index (κ2) is 5.79. The minimum Gasteiger partial charge on any atom is -0.398 e. The summed E-state index contributed by atoms with van der Waals surface area (Å²) >= 11 is 0. The third kappa shape index (κ3) is 3.61. The highest BCUT2D eigenvalue weighted by Gasteiger charge is 2.22. The molecule has 2 rings (SSSR count). The van der Waals surface area contributed by atoms with Gasteiger partial charge in [0.1, 0.15) is 0 Å². The Balaban J connectivity index is 2.13. The summed E-state index contributed by atoms with van der Waals surface area (Å²) < 4.78 is 28.7. The van der Waals surface area contributed by atoms with E-state index < -0.39 is 10.2 Å². The summed E-state index contributed by atoms with van der Waals surface area (Å²) in [5.74, 6) is 0. The molecule has 0 unspecified atom stereocenters. The van der Waals surface area contributed by atoms with E-state index in [9.17, 15) is 8.42 Å². The normalized spacial score (nSPS) is 17.9. The first-order valence-electron chi connectivity index (χ1n) is 6.63. The van der Waals surface area contributed by atoms with Gasteiger partial charge in [-0.3, -0.25) is 4.72 Å². The van der Waals surface area contributed by atoms with Crippen molar-refractivity contribution in [2.24, 2.45) is 0 Å². The molecule has 0 aromatic heterocycles. The van der Waals surface area contributed by atoms with E-state index >= 15 is 0 Å². The fourth-order valence-corrected chi connectivity index (χ4v) is 3.49. The molecule has 3 N–H and O–H groups in total. The number of nitrogens with zero attached hydrogens (tertiary/aromatic N) is 1. The number of rotatable bonds is 3. The standard InChI is InChI=1S/C13H21N3O2S/c1-11-6-7-12(10-13(11)14)15-19(17,18)16-8-4-2-3-5-9-16/h6-7,10,15H,2-5,8-9,14H2,1H3. The van der Waals surface area contributed by atoms with Crippen LogP contribution in [-0.4, -0.2) is 25.8 Å². The molecule has 0 amide bonds. The Morgan fingerprint density at radius 1 is 1.16 bits per heavy atom. The summed E-state index contributed by atoms with van der Waals surface area (Å²) in [4.78, 5) is 0. The van der Waals surface area contributed by atoms with Crippen LogP contribution in [0.1, 0.15) is 31.2 Å². The number of benzene rings is 1. The Morgan fingerprint density at radius 3 is 2.37 bits per heavy atom. The van der Waals surface area contributed by atoms with E-state index in [2.05, 4.69) is 4.72 Å². The average Bonchev–Trinajstić information content (AvgIpc) is 2.63. The van der Waals surface area contributed by atoms with Crippen LogP contribution in [0.5, 0.6) is 0 Å². The zero-order chi connectivity index (χ0) is 13.9. The molecular weight excluding hydrogens is 262 g/mol. The first-order valence-corrected chi connectivity index (χ1v) is 8.07. The maximum absolute atomic E-state index is 12.3. The van der Waals surface area contributed by atoms with Gasteiger partial charge >= 0.3 is 10.2 Å². The number of aryl methyl sites for hydroxylation is 1. The largest absolute Gasteiger partial charge is 0.398 e. The molecule has 0 saturated carbocycles. The average molecular weight is 283 g/mol. The number of nitrogen functional groups attached to an aromatic ring is 1. The molecule has 1 heterocycles. The van der Waals surface area contributed by atoms with Crippen molar-refractivity contribution in [3.8, 4) is 0 Å². The molecule has 1 aliphatic heterocycles. The highest BCUT2D eigenvalue weighted by atomic mass is 32.2. The van der Waals surface area contributed by atoms with Crippen molar-refractivity contribution >= 4 is 21.6 Å². The smallest absolute Gasteiger partial charge is 0.301 e. The molecule has 1 aliphatic rings. The van der Waals surface area contributed by atoms with Gasteiger partial charge < -0.3 is 5.73 Å². The first kappa shape index (κ1) is 14.1. The first-order chi connectivity index (χ1) is 8.99. The summed E-state index contributed by atoms with van der Waals surface area (Å²) in [6.45, 7) is 3.08. The molecule has 0 spiro atoms. The lowest BCUT2D eigenvalue weighted by Crippen LogP contribution is -2.36. The number of hydrogen-bond donors (Lipinski definition) is 2. The Morgan fingerprint density at radius 2 is 1.79 bits per heavy atom. The van der Waals surface area contributed by atoms with Crippen LogP contribution in [0.3, 0.4) is 0 Å². The molecule has 1 saturated heterocycles. The SMILES string of the molecule is Cc1ccc(NS(=O)(=O)N2CCCCCC2)cc1N. The zero-order valence-electron chi connectivity index (χ0n) is 11.2. The maximum atomic E-state index is 12.3. The van der Waals surface area contributed by atoms with Crippen molar-refractivity contribution in [2.75, 3.05) is 23.5 Å². The topological polar surface area (TPSA) is 75.4 Å². The van der Waals surface area contributed by atoms with Gasteiger partial charge in [0.2, 0.25) is 0 Å². The van der Waals surface area contributed by atoms with Crippen LogP contribution >= 0.6 is 0 Å². The minimum absolute atomic E-state index is 0.521. The van der Waals surface area contributed by atoms with Crippen molar-refractivity contribution in [2.45, 2.75) is 32.6 Å². The molecule has 0 aliphatic carbocycles. The van der Waals surface area contributed by atoms with Crippen LogP contribution in [0.2, 0.25) is 0 Å². The van der Waals surface area contributed by atoms with Gasteiger partial charge in [0, 0.05) is 18.8 Å². The van der Waals surface area contributed by atoms with Crippen LogP contribution in [0.4, 0.5) is 11.4 Å². The molecule has 1 aromatic carbocycles. The van der Waals surface area contributed by atoms with Crippen LogP contribution in [-0.2, 0) is 10.2 Å². The van der Waals surface area contributed by atoms with Gasteiger partial charge in [0.25, 0.3) is 0 Å². The Hall–Kier alpha value is -1.27. The summed E-state index contributed by atoms with van der Waals surface area (Å²) in [6, 6.07) is 5.21. The molecule has 5 nitrogen and oxygen atoms in total. The van der Waals surface area contributed by atoms with E-state index in [1.807, 2.05) is 13.0 Å². The quantitative estimate of drug-likeness (QED) is 0.834. The van der Waals surface area contributed by atoms with E-state index in [-0.39, 0.29) is 0 Å². The van der Waals surface area contributed by atoms with Gasteiger partial charge in [0.15, 0.2) is 0 Å². The van der Waals surface area contributed by atoms with Crippen LogP contribution < -0.4 is 10.5 Å². The number of anilines is 2. The van der Waals surface area contributed by atoms with Crippen LogP contribution in [0.15, 0.2) is 18.2 Å². The second-order valence-electron chi connectivity index (χ2n) is 4.99. The molecule has 0 atom stereocenters. The summed E-state index contributed by atoms with van der Waals surface area (Å²) in [5.41, 5.74) is 7.85. The third-order valence-corrected chi connectivity index (χ3v) is 4.97. The summed E-state index contributed by atoms with van der Waals surface area (Å²) in [5, 5.41) is 0. The van der Waals surface area contributed by atoms with E-state index in [0.29, 0.717) is 24.5 Å². The lowest BCUT2D eigenvalue weighted by atomic mass is 10.2. The highest BCUT2D eigenvalue weighted by molar-refractivity contribution is 7.90. The molecule has 0 bridgehead atoms. The van der Waals surface area contributed by atoms with Crippen LogP contribution in [0, 0.1) is 6.92 Å². The number of hydrogen-bond acceptors (Lipinski definition) is 3. The number of nitrogens with two attached hydrogens (primary N) is 1. The van der Waals surface area contributed by atoms with Gasteiger partial charge in [-0.1, -0.05) is 18.9 Å². The molecule has 0 radical (unpaired) electrons. The van der Waals surface area contributed by atoms with Crippen molar-refractivity contribution in [3.05, 3.63) is 23.8 Å². The Kier molecular flexibility index (Phi) is 4.31. The van der Waals surface area contributed by atoms with Crippen molar-refractivity contribution in [3.63, 3.8) is 0 Å². The molecule has 1 aromatic rings. The monoisotopic (exact) mass is 283 g/mol. The van der Waals surface area contributed by atoms with Gasteiger partial charge in [-0.25, -0.2) is 0 Å². The van der Waals surface area contributed by atoms with Gasteiger partial charge in [0.05, 0.1) is 5.69 Å². The molecule has 19 heavy (non-hydrogen) atoms. The van der Waals surface area contributed by atoms with Gasteiger partial charge in [-0.15, -0.1) is 0 Å². The van der Waals surface area contributed by atoms with Crippen LogP contribution in [0.25, 0.3) is 0 Å². The molecular formula is C13H21N3O2S. The fourth-order valence-electron chi connectivity index (χ4n) is 2.20. The highest BCUT2D eigenvalue weighted by Crippen LogP contribution is 2.20. The van der Waals surface area contributed by atoms with E-state index in [1.165, 1.54) is 4.31 Å². The Labute approximate surface area is 115 Å². The van der Waals surface area contributed by atoms with E-state index in [4.69, 9.17) is 5.73 Å². The lowest BCUT2D eigenvalue weighted by Gasteiger charge is -2.21. The van der Waals surface area contributed by atoms with E-state index in [1.54, 1.807) is 12.1 Å². The lowest BCUT2D eigenvalue weighted by molar-refractivity contribution is 0.427. The number of nitrogens with one attached hydrogen (secondary N) is 1. The second-order valence-corrected chi connectivity index (χ2v) is 6.66. The van der Waals surface area contributed by atoms with Crippen molar-refractivity contribution < 1.29 is 8.42 Å². The predicted octanol–water partition coefficient (Wildman–Crippen LogP) is 2.11. The predicted molar refractivity (Wildman–Crippen MR) is 78.2 cm³/mol. The maximum Gasteiger partial charge on any atom is 0.301 e. The summed E-state index contributed by atoms with van der Waals surface area (Å²) in [7, 11) is -3.46.